The van der Waals surface area contributed by atoms with E-state index >= 15 is 0 Å². The number of aryl methyl sites for hydroxylation is 1. The van der Waals surface area contributed by atoms with Crippen LogP contribution in [0, 0.1) is 24.1 Å². The van der Waals surface area contributed by atoms with E-state index in [1.54, 1.807) is 13.1 Å². The van der Waals surface area contributed by atoms with Crippen LogP contribution in [0.25, 0.3) is 10.9 Å². The van der Waals surface area contributed by atoms with Gasteiger partial charge in [-0.1, -0.05) is 6.07 Å². The van der Waals surface area contributed by atoms with E-state index < -0.39 is 5.82 Å². The van der Waals surface area contributed by atoms with Crippen LogP contribution < -0.4 is 5.32 Å². The molecule has 0 spiro atoms. The minimum Gasteiger partial charge on any atom is -0.339 e. The van der Waals surface area contributed by atoms with E-state index in [0.29, 0.717) is 5.82 Å². The number of halogens is 1. The van der Waals surface area contributed by atoms with Crippen LogP contribution in [0.5, 0.6) is 0 Å². The molecule has 1 aromatic carbocycles. The van der Waals surface area contributed by atoms with Gasteiger partial charge in [-0.15, -0.1) is 0 Å². The average molecular weight is 278 g/mol. The van der Waals surface area contributed by atoms with Crippen molar-refractivity contribution in [1.29, 1.82) is 5.26 Å². The Bertz CT molecular complexity index is 868. The lowest BCUT2D eigenvalue weighted by Crippen LogP contribution is -2.00. The highest BCUT2D eigenvalue weighted by Crippen LogP contribution is 2.23. The lowest BCUT2D eigenvalue weighted by molar-refractivity contribution is 0.610. The van der Waals surface area contributed by atoms with Crippen molar-refractivity contribution in [3.8, 4) is 6.07 Å². The summed E-state index contributed by atoms with van der Waals surface area (Å²) in [7, 11) is 0. The third-order valence-corrected chi connectivity index (χ3v) is 3.14. The highest BCUT2D eigenvalue weighted by molar-refractivity contribution is 5.83. The first kappa shape index (κ1) is 13.0. The predicted molar refractivity (Wildman–Crippen MR) is 78.7 cm³/mol. The molecule has 5 heteroatoms. The Kier molecular flexibility index (Phi) is 3.20. The Hall–Kier alpha value is -3.00. The number of fused-ring (bicyclic) bond motifs is 1. The largest absolute Gasteiger partial charge is 0.339 e. The molecule has 2 heterocycles. The summed E-state index contributed by atoms with van der Waals surface area (Å²) in [5, 5.41) is 13.1. The van der Waals surface area contributed by atoms with E-state index in [-0.39, 0.29) is 11.3 Å². The fraction of sp³-hybridized carbons (Fsp3) is 0.0625. The number of nitrogens with one attached hydrogen (secondary N) is 1. The molecule has 0 aliphatic rings. The van der Waals surface area contributed by atoms with Crippen molar-refractivity contribution in [3.63, 3.8) is 0 Å². The summed E-state index contributed by atoms with van der Waals surface area (Å²) >= 11 is 0. The molecule has 0 unspecified atom stereocenters. The standard InChI is InChI=1S/C16H11FN4/c1-10-14(17)8-12(9-18)16(20-10)21-13-4-5-15-11(7-13)3-2-6-19-15/h2-8H,1H3,(H,20,21). The smallest absolute Gasteiger partial charge is 0.148 e. The second-order valence-corrected chi connectivity index (χ2v) is 4.60. The van der Waals surface area contributed by atoms with E-state index in [0.717, 1.165) is 16.6 Å². The van der Waals surface area contributed by atoms with Crippen molar-refractivity contribution < 1.29 is 4.39 Å². The molecule has 0 radical (unpaired) electrons. The second kappa shape index (κ2) is 5.17. The van der Waals surface area contributed by atoms with E-state index in [2.05, 4.69) is 15.3 Å². The van der Waals surface area contributed by atoms with Crippen LogP contribution >= 0.6 is 0 Å². The molecular weight excluding hydrogens is 267 g/mol. The van der Waals surface area contributed by atoms with Crippen LogP contribution in [0.4, 0.5) is 15.9 Å². The maximum absolute atomic E-state index is 13.4. The van der Waals surface area contributed by atoms with Gasteiger partial charge in [-0.2, -0.15) is 5.26 Å². The highest BCUT2D eigenvalue weighted by Gasteiger charge is 2.09. The number of aromatic nitrogens is 2. The first-order valence-corrected chi connectivity index (χ1v) is 6.36. The first-order chi connectivity index (χ1) is 10.2. The monoisotopic (exact) mass is 278 g/mol. The van der Waals surface area contributed by atoms with E-state index in [9.17, 15) is 4.39 Å². The summed E-state index contributed by atoms with van der Waals surface area (Å²) in [5.74, 6) is -0.139. The van der Waals surface area contributed by atoms with Gasteiger partial charge in [-0.05, 0) is 37.3 Å². The van der Waals surface area contributed by atoms with Crippen molar-refractivity contribution in [2.45, 2.75) is 6.92 Å². The molecule has 0 saturated heterocycles. The van der Waals surface area contributed by atoms with Gasteiger partial charge in [-0.3, -0.25) is 4.98 Å². The van der Waals surface area contributed by atoms with Gasteiger partial charge in [-0.25, -0.2) is 9.37 Å². The molecule has 0 aliphatic carbocycles. The van der Waals surface area contributed by atoms with Crippen molar-refractivity contribution in [2.75, 3.05) is 5.32 Å². The average Bonchev–Trinajstić information content (AvgIpc) is 2.50. The summed E-state index contributed by atoms with van der Waals surface area (Å²) in [5.41, 5.74) is 2.07. The van der Waals surface area contributed by atoms with E-state index in [1.165, 1.54) is 6.07 Å². The van der Waals surface area contributed by atoms with Crippen molar-refractivity contribution in [2.24, 2.45) is 0 Å². The van der Waals surface area contributed by atoms with Gasteiger partial charge in [0.1, 0.15) is 17.7 Å². The van der Waals surface area contributed by atoms with Gasteiger partial charge < -0.3 is 5.32 Å². The Labute approximate surface area is 120 Å². The summed E-state index contributed by atoms with van der Waals surface area (Å²) < 4.78 is 13.4. The normalized spacial score (nSPS) is 10.3. The first-order valence-electron chi connectivity index (χ1n) is 6.36. The molecule has 0 aliphatic heterocycles. The summed E-state index contributed by atoms with van der Waals surface area (Å²) in [6.07, 6.45) is 1.73. The third-order valence-electron chi connectivity index (χ3n) is 3.14. The maximum atomic E-state index is 13.4. The van der Waals surface area contributed by atoms with Crippen LogP contribution in [0.15, 0.2) is 42.6 Å². The number of hydrogen-bond acceptors (Lipinski definition) is 4. The number of rotatable bonds is 2. The minimum absolute atomic E-state index is 0.171. The van der Waals surface area contributed by atoms with Gasteiger partial charge in [0, 0.05) is 17.3 Å². The number of nitriles is 1. The van der Waals surface area contributed by atoms with Crippen LogP contribution in [0.3, 0.4) is 0 Å². The number of benzene rings is 1. The maximum Gasteiger partial charge on any atom is 0.148 e. The summed E-state index contributed by atoms with van der Waals surface area (Å²) in [6.45, 7) is 1.56. The molecule has 3 rings (SSSR count). The molecule has 0 bridgehead atoms. The molecule has 0 atom stereocenters. The zero-order chi connectivity index (χ0) is 14.8. The Morgan fingerprint density at radius 3 is 2.90 bits per heavy atom. The highest BCUT2D eigenvalue weighted by atomic mass is 19.1. The Balaban J connectivity index is 2.02. The van der Waals surface area contributed by atoms with E-state index in [4.69, 9.17) is 5.26 Å². The lowest BCUT2D eigenvalue weighted by Gasteiger charge is -2.09. The van der Waals surface area contributed by atoms with Gasteiger partial charge >= 0.3 is 0 Å². The predicted octanol–water partition coefficient (Wildman–Crippen LogP) is 3.69. The van der Waals surface area contributed by atoms with Crippen molar-refractivity contribution in [3.05, 3.63) is 59.7 Å². The number of pyridine rings is 2. The Morgan fingerprint density at radius 2 is 2.10 bits per heavy atom. The molecule has 102 valence electrons. The fourth-order valence-corrected chi connectivity index (χ4v) is 2.05. The molecule has 0 fully saturated rings. The van der Waals surface area contributed by atoms with Crippen molar-refractivity contribution >= 4 is 22.4 Å². The molecule has 0 amide bonds. The SMILES string of the molecule is Cc1nc(Nc2ccc3ncccc3c2)c(C#N)cc1F. The van der Waals surface area contributed by atoms with Crippen LogP contribution in [-0.4, -0.2) is 9.97 Å². The number of hydrogen-bond donors (Lipinski definition) is 1. The third kappa shape index (κ3) is 2.51. The van der Waals surface area contributed by atoms with Gasteiger partial charge in [0.2, 0.25) is 0 Å². The molecule has 3 aromatic rings. The zero-order valence-electron chi connectivity index (χ0n) is 11.3. The Morgan fingerprint density at radius 1 is 1.24 bits per heavy atom. The van der Waals surface area contributed by atoms with E-state index in [1.807, 2.05) is 36.4 Å². The van der Waals surface area contributed by atoms with Gasteiger partial charge in [0.05, 0.1) is 16.8 Å². The molecule has 21 heavy (non-hydrogen) atoms. The molecule has 0 saturated carbocycles. The lowest BCUT2D eigenvalue weighted by atomic mass is 10.2. The van der Waals surface area contributed by atoms with Crippen LogP contribution in [-0.2, 0) is 0 Å². The second-order valence-electron chi connectivity index (χ2n) is 4.60. The summed E-state index contributed by atoms with van der Waals surface area (Å²) in [6, 6.07) is 12.6. The van der Waals surface area contributed by atoms with Gasteiger partial charge in [0.25, 0.3) is 0 Å². The number of anilines is 2. The summed E-state index contributed by atoms with van der Waals surface area (Å²) in [4.78, 5) is 8.34. The quantitative estimate of drug-likeness (QED) is 0.776. The zero-order valence-corrected chi connectivity index (χ0v) is 11.3. The molecule has 2 aromatic heterocycles. The van der Waals surface area contributed by atoms with Crippen molar-refractivity contribution in [1.82, 2.24) is 9.97 Å². The molecule has 4 nitrogen and oxygen atoms in total. The van der Waals surface area contributed by atoms with Crippen LogP contribution in [0.2, 0.25) is 0 Å². The molecule has 1 N–H and O–H groups in total. The van der Waals surface area contributed by atoms with Crippen LogP contribution in [0.1, 0.15) is 11.3 Å². The molecular formula is C16H11FN4. The fourth-order valence-electron chi connectivity index (χ4n) is 2.05. The number of nitrogens with zero attached hydrogens (tertiary/aromatic N) is 3. The topological polar surface area (TPSA) is 61.6 Å². The van der Waals surface area contributed by atoms with Gasteiger partial charge in [0.15, 0.2) is 0 Å². The minimum atomic E-state index is -0.486.